The van der Waals surface area contributed by atoms with Crippen LogP contribution >= 0.6 is 0 Å². The second kappa shape index (κ2) is 8.35. The van der Waals surface area contributed by atoms with Crippen molar-refractivity contribution in [2.45, 2.75) is 18.4 Å². The summed E-state index contributed by atoms with van der Waals surface area (Å²) in [6.07, 6.45) is 0. The largest absolute Gasteiger partial charge is 0.497 e. The minimum absolute atomic E-state index is 0.188. The van der Waals surface area contributed by atoms with Crippen LogP contribution in [-0.2, 0) is 16.6 Å². The van der Waals surface area contributed by atoms with Crippen molar-refractivity contribution in [3.8, 4) is 11.5 Å². The van der Waals surface area contributed by atoms with E-state index in [1.54, 1.807) is 49.6 Å². The number of ether oxygens (including phenoxy) is 2. The maximum absolute atomic E-state index is 13.5. The molecule has 3 aromatic rings. The summed E-state index contributed by atoms with van der Waals surface area (Å²) in [6, 6.07) is 21.2. The van der Waals surface area contributed by atoms with Crippen molar-refractivity contribution in [2.24, 2.45) is 0 Å². The first-order chi connectivity index (χ1) is 13.5. The lowest BCUT2D eigenvalue weighted by molar-refractivity contribution is 0.414. The Labute approximate surface area is 166 Å². The number of hydrogen-bond acceptors (Lipinski definition) is 4. The second-order valence-corrected chi connectivity index (χ2v) is 8.15. The lowest BCUT2D eigenvalue weighted by Crippen LogP contribution is -2.31. The van der Waals surface area contributed by atoms with Crippen LogP contribution in [0.3, 0.4) is 0 Å². The number of aryl methyl sites for hydroxylation is 1. The summed E-state index contributed by atoms with van der Waals surface area (Å²) in [6.45, 7) is 2.16. The van der Waals surface area contributed by atoms with E-state index in [0.717, 1.165) is 11.1 Å². The Balaban J connectivity index is 2.13. The molecule has 0 aromatic heterocycles. The normalized spacial score (nSPS) is 11.1. The van der Waals surface area contributed by atoms with Crippen molar-refractivity contribution in [2.75, 3.05) is 18.5 Å². The number of para-hydroxylation sites is 2. The Kier molecular flexibility index (Phi) is 5.90. The van der Waals surface area contributed by atoms with E-state index in [1.807, 2.05) is 37.3 Å². The van der Waals surface area contributed by atoms with Gasteiger partial charge in [-0.15, -0.1) is 0 Å². The van der Waals surface area contributed by atoms with Gasteiger partial charge in [-0.1, -0.05) is 36.4 Å². The summed E-state index contributed by atoms with van der Waals surface area (Å²) in [5.41, 5.74) is 2.43. The van der Waals surface area contributed by atoms with Crippen molar-refractivity contribution in [1.82, 2.24) is 0 Å². The van der Waals surface area contributed by atoms with Crippen LogP contribution in [0.5, 0.6) is 11.5 Å². The third-order valence-electron chi connectivity index (χ3n) is 4.58. The molecule has 146 valence electrons. The highest BCUT2D eigenvalue weighted by atomic mass is 32.2. The number of hydrogen-bond donors (Lipinski definition) is 0. The smallest absolute Gasteiger partial charge is 0.264 e. The SMILES string of the molecule is COc1ccc(S(=O)(=O)N(Cc2ccccc2C)c2ccccc2OC)cc1. The number of rotatable bonds is 7. The Morgan fingerprint density at radius 2 is 1.46 bits per heavy atom. The number of sulfonamides is 1. The first-order valence-electron chi connectivity index (χ1n) is 8.81. The molecule has 3 rings (SSSR count). The molecule has 0 saturated heterocycles. The van der Waals surface area contributed by atoms with E-state index < -0.39 is 10.0 Å². The summed E-state index contributed by atoms with van der Waals surface area (Å²) >= 11 is 0. The van der Waals surface area contributed by atoms with Crippen molar-refractivity contribution in [3.63, 3.8) is 0 Å². The van der Waals surface area contributed by atoms with Crippen molar-refractivity contribution in [1.29, 1.82) is 0 Å². The number of methoxy groups -OCH3 is 2. The predicted octanol–water partition coefficient (Wildman–Crippen LogP) is 4.41. The van der Waals surface area contributed by atoms with Crippen LogP contribution in [0.15, 0.2) is 77.7 Å². The van der Waals surface area contributed by atoms with Crippen molar-refractivity contribution >= 4 is 15.7 Å². The highest BCUT2D eigenvalue weighted by Gasteiger charge is 2.28. The highest BCUT2D eigenvalue weighted by molar-refractivity contribution is 7.92. The maximum Gasteiger partial charge on any atom is 0.264 e. The van der Waals surface area contributed by atoms with Gasteiger partial charge in [-0.3, -0.25) is 4.31 Å². The minimum Gasteiger partial charge on any atom is -0.497 e. The van der Waals surface area contributed by atoms with E-state index in [-0.39, 0.29) is 11.4 Å². The van der Waals surface area contributed by atoms with Crippen molar-refractivity contribution < 1.29 is 17.9 Å². The van der Waals surface area contributed by atoms with E-state index >= 15 is 0 Å². The predicted molar refractivity (Wildman–Crippen MR) is 111 cm³/mol. The monoisotopic (exact) mass is 397 g/mol. The van der Waals surface area contributed by atoms with Gasteiger partial charge in [-0.2, -0.15) is 0 Å². The molecular weight excluding hydrogens is 374 g/mol. The van der Waals surface area contributed by atoms with Gasteiger partial charge in [0, 0.05) is 0 Å². The molecule has 5 nitrogen and oxygen atoms in total. The van der Waals surface area contributed by atoms with E-state index in [9.17, 15) is 8.42 Å². The molecule has 6 heteroatoms. The fraction of sp³-hybridized carbons (Fsp3) is 0.182. The highest BCUT2D eigenvalue weighted by Crippen LogP contribution is 2.34. The maximum atomic E-state index is 13.5. The number of anilines is 1. The third kappa shape index (κ3) is 3.97. The summed E-state index contributed by atoms with van der Waals surface area (Å²) < 4.78 is 39.1. The van der Waals surface area contributed by atoms with Gasteiger partial charge in [0.15, 0.2) is 0 Å². The quantitative estimate of drug-likeness (QED) is 0.593. The van der Waals surface area contributed by atoms with Crippen LogP contribution < -0.4 is 13.8 Å². The summed E-state index contributed by atoms with van der Waals surface area (Å²) in [5, 5.41) is 0. The molecule has 0 radical (unpaired) electrons. The van der Waals surface area contributed by atoms with Gasteiger partial charge in [-0.25, -0.2) is 8.42 Å². The number of benzene rings is 3. The van der Waals surface area contributed by atoms with Gasteiger partial charge >= 0.3 is 0 Å². The van der Waals surface area contributed by atoms with Crippen LogP contribution in [-0.4, -0.2) is 22.6 Å². The zero-order chi connectivity index (χ0) is 20.1. The van der Waals surface area contributed by atoms with Crippen LogP contribution in [0.2, 0.25) is 0 Å². The Morgan fingerprint density at radius 3 is 2.11 bits per heavy atom. The molecular formula is C22H23NO4S. The molecule has 0 amide bonds. The molecule has 0 atom stereocenters. The fourth-order valence-corrected chi connectivity index (χ4v) is 4.41. The molecule has 0 aliphatic rings. The zero-order valence-corrected chi connectivity index (χ0v) is 16.9. The summed E-state index contributed by atoms with van der Waals surface area (Å²) in [7, 11) is -0.752. The van der Waals surface area contributed by atoms with E-state index in [4.69, 9.17) is 9.47 Å². The van der Waals surface area contributed by atoms with E-state index in [2.05, 4.69) is 0 Å². The molecule has 0 heterocycles. The molecule has 0 N–H and O–H groups in total. The second-order valence-electron chi connectivity index (χ2n) is 6.29. The van der Waals surface area contributed by atoms with Gasteiger partial charge in [0.2, 0.25) is 0 Å². The lowest BCUT2D eigenvalue weighted by Gasteiger charge is -2.27. The van der Waals surface area contributed by atoms with E-state index in [0.29, 0.717) is 17.2 Å². The minimum atomic E-state index is -3.83. The summed E-state index contributed by atoms with van der Waals surface area (Å²) in [5.74, 6) is 1.09. The lowest BCUT2D eigenvalue weighted by atomic mass is 10.1. The zero-order valence-electron chi connectivity index (χ0n) is 16.1. The van der Waals surface area contributed by atoms with Crippen molar-refractivity contribution in [3.05, 3.63) is 83.9 Å². The topological polar surface area (TPSA) is 55.8 Å². The molecule has 0 spiro atoms. The standard InChI is InChI=1S/C22H23NO4S/c1-17-8-4-5-9-18(17)16-23(21-10-6-7-11-22(21)27-3)28(24,25)20-14-12-19(26-2)13-15-20/h4-15H,16H2,1-3H3. The first-order valence-corrected chi connectivity index (χ1v) is 10.3. The van der Waals surface area contributed by atoms with Gasteiger partial charge in [-0.05, 0) is 54.4 Å². The average Bonchev–Trinajstić information content (AvgIpc) is 2.73. The van der Waals surface area contributed by atoms with Crippen LogP contribution in [0.1, 0.15) is 11.1 Å². The molecule has 0 aliphatic heterocycles. The van der Waals surface area contributed by atoms with Gasteiger partial charge < -0.3 is 9.47 Å². The fourth-order valence-electron chi connectivity index (χ4n) is 2.95. The Morgan fingerprint density at radius 1 is 0.821 bits per heavy atom. The van der Waals surface area contributed by atoms with Gasteiger partial charge in [0.05, 0.1) is 31.3 Å². The molecule has 0 unspecified atom stereocenters. The molecule has 0 bridgehead atoms. The first kappa shape index (κ1) is 19.8. The van der Waals surface area contributed by atoms with Crippen LogP contribution in [0.4, 0.5) is 5.69 Å². The van der Waals surface area contributed by atoms with Gasteiger partial charge in [0.25, 0.3) is 10.0 Å². The number of nitrogens with zero attached hydrogens (tertiary/aromatic N) is 1. The molecule has 3 aromatic carbocycles. The van der Waals surface area contributed by atoms with Gasteiger partial charge in [0.1, 0.15) is 11.5 Å². The molecule has 28 heavy (non-hydrogen) atoms. The molecule has 0 aliphatic carbocycles. The third-order valence-corrected chi connectivity index (χ3v) is 6.35. The average molecular weight is 397 g/mol. The van der Waals surface area contributed by atoms with Crippen LogP contribution in [0, 0.1) is 6.92 Å². The Hall–Kier alpha value is -2.99. The van der Waals surface area contributed by atoms with Crippen LogP contribution in [0.25, 0.3) is 0 Å². The summed E-state index contributed by atoms with van der Waals surface area (Å²) in [4.78, 5) is 0.188. The Bertz CT molecular complexity index is 1050. The van der Waals surface area contributed by atoms with E-state index in [1.165, 1.54) is 11.4 Å². The molecule has 0 fully saturated rings. The molecule has 0 saturated carbocycles.